The summed E-state index contributed by atoms with van der Waals surface area (Å²) < 4.78 is 3.94. The number of amides is 2. The van der Waals surface area contributed by atoms with Crippen molar-refractivity contribution in [2.24, 2.45) is 0 Å². The van der Waals surface area contributed by atoms with Gasteiger partial charge < -0.3 is 4.57 Å². The van der Waals surface area contributed by atoms with Crippen LogP contribution in [0, 0.1) is 0 Å². The molecule has 1 fully saturated rings. The normalized spacial score (nSPS) is 16.2. The average molecular weight is 496 g/mol. The van der Waals surface area contributed by atoms with Crippen LogP contribution in [0.4, 0.5) is 0 Å². The van der Waals surface area contributed by atoms with E-state index in [9.17, 15) is 19.2 Å². The van der Waals surface area contributed by atoms with E-state index in [1.165, 1.54) is 10.9 Å². The molecule has 0 aliphatic carbocycles. The minimum Gasteiger partial charge on any atom is -0.325 e. The first kappa shape index (κ1) is 25.4. The van der Waals surface area contributed by atoms with Crippen LogP contribution in [0.15, 0.2) is 46.2 Å². The Hall–Kier alpha value is -3.73. The number of carbonyl (C=O) groups is 2. The molecule has 0 radical (unpaired) electrons. The number of imidazole rings is 1. The maximum Gasteiger partial charge on any atom is 0.333 e. The van der Waals surface area contributed by atoms with Crippen LogP contribution in [0.25, 0.3) is 11.2 Å². The number of aryl methyl sites for hydroxylation is 1. The summed E-state index contributed by atoms with van der Waals surface area (Å²) in [6, 6.07) is 9.05. The smallest absolute Gasteiger partial charge is 0.325 e. The van der Waals surface area contributed by atoms with Crippen molar-refractivity contribution in [2.75, 3.05) is 13.1 Å². The minimum atomic E-state index is -0.659. The Morgan fingerprint density at radius 1 is 1.06 bits per heavy atom. The number of piperidine rings is 1. The second-order valence-corrected chi connectivity index (χ2v) is 9.03. The number of hydrazine groups is 1. The minimum absolute atomic E-state index is 0.199. The van der Waals surface area contributed by atoms with E-state index in [4.69, 9.17) is 0 Å². The predicted molar refractivity (Wildman–Crippen MR) is 135 cm³/mol. The van der Waals surface area contributed by atoms with Crippen LogP contribution in [0.5, 0.6) is 0 Å². The number of hydrogen-bond acceptors (Lipinski definition) is 6. The van der Waals surface area contributed by atoms with Gasteiger partial charge in [0.1, 0.15) is 6.54 Å². The summed E-state index contributed by atoms with van der Waals surface area (Å²) in [4.78, 5) is 58.5. The number of hydrogen-bond donors (Lipinski definition) is 2. The Morgan fingerprint density at radius 2 is 1.83 bits per heavy atom. The summed E-state index contributed by atoms with van der Waals surface area (Å²) in [6.07, 6.45) is 5.18. The second-order valence-electron chi connectivity index (χ2n) is 9.03. The van der Waals surface area contributed by atoms with Crippen molar-refractivity contribution in [3.05, 3.63) is 63.1 Å². The van der Waals surface area contributed by atoms with Gasteiger partial charge in [-0.25, -0.2) is 14.3 Å². The molecule has 2 amide bonds. The third kappa shape index (κ3) is 5.25. The fourth-order valence-corrected chi connectivity index (χ4v) is 4.77. The third-order valence-electron chi connectivity index (χ3n) is 6.56. The molecule has 0 bridgehead atoms. The first-order valence-electron chi connectivity index (χ1n) is 12.5. The standard InChI is InChI=1S/C25H33N7O4/c1-3-13-30-14-9-8-12-19(30)23(34)28-27-20(33)16-32-24(35)21-22(26-17-29(21)4-2)31(25(32)36)15-18-10-6-5-7-11-18/h5-7,10-11,17,19H,3-4,8-9,12-16H2,1-2H3,(H,27,33)(H,28,34). The van der Waals surface area contributed by atoms with Gasteiger partial charge in [-0.15, -0.1) is 0 Å². The number of benzene rings is 1. The van der Waals surface area contributed by atoms with E-state index in [2.05, 4.69) is 27.7 Å². The molecule has 4 rings (SSSR count). The summed E-state index contributed by atoms with van der Waals surface area (Å²) in [6.45, 7) is 5.75. The molecule has 1 unspecified atom stereocenters. The molecule has 0 spiro atoms. The SMILES string of the molecule is CCCN1CCCCC1C(=O)NNC(=O)Cn1c(=O)c2c(ncn2CC)n(Cc2ccccc2)c1=O. The Bertz CT molecular complexity index is 1340. The number of nitrogens with one attached hydrogen (secondary N) is 2. The van der Waals surface area contributed by atoms with Gasteiger partial charge in [-0.1, -0.05) is 43.7 Å². The van der Waals surface area contributed by atoms with Gasteiger partial charge in [0.2, 0.25) is 0 Å². The van der Waals surface area contributed by atoms with Crippen LogP contribution in [-0.4, -0.2) is 54.5 Å². The van der Waals surface area contributed by atoms with E-state index in [1.54, 1.807) is 4.57 Å². The molecule has 3 heterocycles. The summed E-state index contributed by atoms with van der Waals surface area (Å²) in [5.74, 6) is -0.946. The van der Waals surface area contributed by atoms with E-state index in [-0.39, 0.29) is 29.7 Å². The molecule has 3 aromatic rings. The monoisotopic (exact) mass is 495 g/mol. The zero-order valence-corrected chi connectivity index (χ0v) is 20.8. The molecule has 192 valence electrons. The lowest BCUT2D eigenvalue weighted by atomic mass is 10.0. The first-order chi connectivity index (χ1) is 17.4. The molecule has 1 atom stereocenters. The van der Waals surface area contributed by atoms with Crippen LogP contribution >= 0.6 is 0 Å². The molecule has 0 saturated carbocycles. The fourth-order valence-electron chi connectivity index (χ4n) is 4.77. The highest BCUT2D eigenvalue weighted by molar-refractivity contribution is 5.85. The Kier molecular flexibility index (Phi) is 7.99. The Balaban J connectivity index is 1.56. The lowest BCUT2D eigenvalue weighted by Crippen LogP contribution is -2.55. The fraction of sp³-hybridized carbons (Fsp3) is 0.480. The van der Waals surface area contributed by atoms with Crippen LogP contribution in [0.1, 0.15) is 45.1 Å². The van der Waals surface area contributed by atoms with Gasteiger partial charge >= 0.3 is 5.69 Å². The lowest BCUT2D eigenvalue weighted by Gasteiger charge is -2.34. The zero-order valence-electron chi connectivity index (χ0n) is 20.8. The Labute approximate surface area is 208 Å². The average Bonchev–Trinajstić information content (AvgIpc) is 3.33. The molecular weight excluding hydrogens is 462 g/mol. The van der Waals surface area contributed by atoms with Crippen LogP contribution in [-0.2, 0) is 29.2 Å². The van der Waals surface area contributed by atoms with E-state index in [0.29, 0.717) is 6.54 Å². The van der Waals surface area contributed by atoms with Gasteiger partial charge in [-0.3, -0.25) is 34.7 Å². The van der Waals surface area contributed by atoms with E-state index < -0.39 is 23.7 Å². The number of fused-ring (bicyclic) bond motifs is 1. The molecule has 2 N–H and O–H groups in total. The maximum atomic E-state index is 13.3. The van der Waals surface area contributed by atoms with Gasteiger partial charge in [0.25, 0.3) is 17.4 Å². The highest BCUT2D eigenvalue weighted by atomic mass is 16.2. The number of carbonyl (C=O) groups excluding carboxylic acids is 2. The molecular formula is C25H33N7O4. The highest BCUT2D eigenvalue weighted by Crippen LogP contribution is 2.17. The van der Waals surface area contributed by atoms with Crippen molar-refractivity contribution in [3.63, 3.8) is 0 Å². The van der Waals surface area contributed by atoms with Gasteiger partial charge in [0.15, 0.2) is 11.2 Å². The van der Waals surface area contributed by atoms with Gasteiger partial charge in [-0.05, 0) is 44.8 Å². The van der Waals surface area contributed by atoms with Crippen molar-refractivity contribution in [3.8, 4) is 0 Å². The largest absolute Gasteiger partial charge is 0.333 e. The molecule has 1 saturated heterocycles. The maximum absolute atomic E-state index is 13.3. The van der Waals surface area contributed by atoms with Crippen LogP contribution in [0.2, 0.25) is 0 Å². The van der Waals surface area contributed by atoms with E-state index in [1.807, 2.05) is 37.3 Å². The van der Waals surface area contributed by atoms with Crippen molar-refractivity contribution in [2.45, 2.75) is 65.2 Å². The quantitative estimate of drug-likeness (QED) is 0.447. The predicted octanol–water partition coefficient (Wildman–Crippen LogP) is 0.840. The van der Waals surface area contributed by atoms with Crippen molar-refractivity contribution in [1.82, 2.24) is 34.4 Å². The zero-order chi connectivity index (χ0) is 25.7. The second kappa shape index (κ2) is 11.3. The lowest BCUT2D eigenvalue weighted by molar-refractivity contribution is -0.133. The van der Waals surface area contributed by atoms with E-state index in [0.717, 1.165) is 48.9 Å². The summed E-state index contributed by atoms with van der Waals surface area (Å²) >= 11 is 0. The molecule has 1 aliphatic heterocycles. The highest BCUT2D eigenvalue weighted by Gasteiger charge is 2.28. The topological polar surface area (TPSA) is 123 Å². The van der Waals surface area contributed by atoms with Crippen LogP contribution < -0.4 is 22.1 Å². The molecule has 1 aromatic carbocycles. The first-order valence-corrected chi connectivity index (χ1v) is 12.5. The molecule has 36 heavy (non-hydrogen) atoms. The number of rotatable bonds is 8. The summed E-state index contributed by atoms with van der Waals surface area (Å²) in [7, 11) is 0. The number of likely N-dealkylation sites (tertiary alicyclic amines) is 1. The molecule has 2 aromatic heterocycles. The molecule has 11 heteroatoms. The summed E-state index contributed by atoms with van der Waals surface area (Å²) in [5, 5.41) is 0. The Morgan fingerprint density at radius 3 is 2.56 bits per heavy atom. The number of nitrogens with zero attached hydrogens (tertiary/aromatic N) is 5. The van der Waals surface area contributed by atoms with Crippen molar-refractivity contribution < 1.29 is 9.59 Å². The van der Waals surface area contributed by atoms with Gasteiger partial charge in [0, 0.05) is 6.54 Å². The molecule has 11 nitrogen and oxygen atoms in total. The third-order valence-corrected chi connectivity index (χ3v) is 6.56. The van der Waals surface area contributed by atoms with Crippen molar-refractivity contribution >= 4 is 23.0 Å². The summed E-state index contributed by atoms with van der Waals surface area (Å²) in [5.41, 5.74) is 5.03. The molecule has 1 aliphatic rings. The van der Waals surface area contributed by atoms with Crippen molar-refractivity contribution in [1.29, 1.82) is 0 Å². The van der Waals surface area contributed by atoms with Gasteiger partial charge in [0.05, 0.1) is 18.9 Å². The van der Waals surface area contributed by atoms with Gasteiger partial charge in [-0.2, -0.15) is 0 Å². The van der Waals surface area contributed by atoms with E-state index >= 15 is 0 Å². The van der Waals surface area contributed by atoms with Crippen LogP contribution in [0.3, 0.4) is 0 Å². The number of aromatic nitrogens is 4.